The number of morpholine rings is 1. The SMILES string of the molecule is COc1c(C(=O)C2CN(C(C)C)CCO2)ccc(C)c1C. The largest absolute Gasteiger partial charge is 0.496 e. The molecule has 1 saturated heterocycles. The number of benzene rings is 1. The van der Waals surface area contributed by atoms with E-state index in [1.807, 2.05) is 26.0 Å². The molecule has 1 aliphatic heterocycles. The highest BCUT2D eigenvalue weighted by Crippen LogP contribution is 2.28. The molecule has 0 spiro atoms. The number of carbonyl (C=O) groups is 1. The molecule has 0 N–H and O–H groups in total. The van der Waals surface area contributed by atoms with Crippen LogP contribution in [0.3, 0.4) is 0 Å². The molecular formula is C17H25NO3. The van der Waals surface area contributed by atoms with Crippen LogP contribution in [0.15, 0.2) is 12.1 Å². The summed E-state index contributed by atoms with van der Waals surface area (Å²) in [6, 6.07) is 4.24. The maximum atomic E-state index is 12.8. The van der Waals surface area contributed by atoms with Crippen LogP contribution in [0.4, 0.5) is 0 Å². The van der Waals surface area contributed by atoms with E-state index < -0.39 is 6.10 Å². The minimum absolute atomic E-state index is 0.0142. The second kappa shape index (κ2) is 6.58. The third-order valence-electron chi connectivity index (χ3n) is 4.27. The lowest BCUT2D eigenvalue weighted by Crippen LogP contribution is -2.48. The van der Waals surface area contributed by atoms with Gasteiger partial charge in [-0.2, -0.15) is 0 Å². The minimum Gasteiger partial charge on any atom is -0.496 e. The van der Waals surface area contributed by atoms with Gasteiger partial charge in [0.25, 0.3) is 0 Å². The third kappa shape index (κ3) is 3.27. The molecule has 0 bridgehead atoms. The molecule has 21 heavy (non-hydrogen) atoms. The van der Waals surface area contributed by atoms with Crippen LogP contribution in [-0.4, -0.2) is 49.6 Å². The summed E-state index contributed by atoms with van der Waals surface area (Å²) in [7, 11) is 1.61. The lowest BCUT2D eigenvalue weighted by Gasteiger charge is -2.35. The van der Waals surface area contributed by atoms with Crippen LogP contribution in [0.5, 0.6) is 5.75 Å². The van der Waals surface area contributed by atoms with Crippen molar-refractivity contribution in [2.75, 3.05) is 26.8 Å². The first-order chi connectivity index (χ1) is 9.95. The van der Waals surface area contributed by atoms with Gasteiger partial charge in [-0.05, 0) is 44.9 Å². The van der Waals surface area contributed by atoms with Gasteiger partial charge in [-0.15, -0.1) is 0 Å². The van der Waals surface area contributed by atoms with Gasteiger partial charge in [-0.1, -0.05) is 6.07 Å². The van der Waals surface area contributed by atoms with Gasteiger partial charge in [-0.25, -0.2) is 0 Å². The highest BCUT2D eigenvalue weighted by molar-refractivity contribution is 6.02. The molecule has 1 aromatic carbocycles. The molecule has 0 saturated carbocycles. The molecule has 0 radical (unpaired) electrons. The fraction of sp³-hybridized carbons (Fsp3) is 0.588. The highest BCUT2D eigenvalue weighted by Gasteiger charge is 2.30. The molecule has 116 valence electrons. The molecule has 1 aromatic rings. The van der Waals surface area contributed by atoms with Gasteiger partial charge in [0.2, 0.25) is 0 Å². The summed E-state index contributed by atoms with van der Waals surface area (Å²) in [6.45, 7) is 10.4. The van der Waals surface area contributed by atoms with Gasteiger partial charge in [0.05, 0.1) is 19.3 Å². The molecule has 4 heteroatoms. The van der Waals surface area contributed by atoms with Crippen molar-refractivity contribution in [3.8, 4) is 5.75 Å². The molecule has 1 aliphatic rings. The predicted octanol–water partition coefficient (Wildman–Crippen LogP) is 2.60. The third-order valence-corrected chi connectivity index (χ3v) is 4.27. The summed E-state index contributed by atoms with van der Waals surface area (Å²) in [5.74, 6) is 0.686. The summed E-state index contributed by atoms with van der Waals surface area (Å²) in [4.78, 5) is 15.1. The summed E-state index contributed by atoms with van der Waals surface area (Å²) in [5, 5.41) is 0. The molecule has 0 amide bonds. The summed E-state index contributed by atoms with van der Waals surface area (Å²) < 4.78 is 11.2. The molecular weight excluding hydrogens is 266 g/mol. The number of methoxy groups -OCH3 is 1. The van der Waals surface area contributed by atoms with E-state index in [1.165, 1.54) is 0 Å². The Hall–Kier alpha value is -1.39. The topological polar surface area (TPSA) is 38.8 Å². The second-order valence-electron chi connectivity index (χ2n) is 5.90. The summed E-state index contributed by atoms with van der Waals surface area (Å²) in [6.07, 6.45) is -0.405. The Labute approximate surface area is 127 Å². The molecule has 2 rings (SSSR count). The van der Waals surface area contributed by atoms with Gasteiger partial charge in [-0.3, -0.25) is 9.69 Å². The Balaban J connectivity index is 2.26. The first kappa shape index (κ1) is 16.0. The molecule has 0 aliphatic carbocycles. The van der Waals surface area contributed by atoms with E-state index in [0.29, 0.717) is 30.5 Å². The zero-order valence-electron chi connectivity index (χ0n) is 13.6. The van der Waals surface area contributed by atoms with Crippen LogP contribution >= 0.6 is 0 Å². The first-order valence-corrected chi connectivity index (χ1v) is 7.49. The van der Waals surface area contributed by atoms with E-state index in [1.54, 1.807) is 7.11 Å². The maximum Gasteiger partial charge on any atom is 0.196 e. The number of ketones is 1. The van der Waals surface area contributed by atoms with E-state index in [-0.39, 0.29) is 5.78 Å². The molecule has 0 aromatic heterocycles. The van der Waals surface area contributed by atoms with Gasteiger partial charge < -0.3 is 9.47 Å². The van der Waals surface area contributed by atoms with Crippen molar-refractivity contribution in [2.45, 2.75) is 39.8 Å². The standard InChI is InChI=1S/C17H25NO3/c1-11(2)18-8-9-21-15(10-18)16(19)14-7-6-12(3)13(4)17(14)20-5/h6-7,11,15H,8-10H2,1-5H3. The minimum atomic E-state index is -0.405. The van der Waals surface area contributed by atoms with Crippen molar-refractivity contribution in [1.82, 2.24) is 4.90 Å². The second-order valence-corrected chi connectivity index (χ2v) is 5.90. The molecule has 1 atom stereocenters. The van der Waals surface area contributed by atoms with E-state index in [0.717, 1.165) is 17.7 Å². The van der Waals surface area contributed by atoms with Crippen LogP contribution < -0.4 is 4.74 Å². The molecule has 1 fully saturated rings. The van der Waals surface area contributed by atoms with Gasteiger partial charge in [0.1, 0.15) is 11.9 Å². The zero-order valence-corrected chi connectivity index (χ0v) is 13.6. The van der Waals surface area contributed by atoms with Crippen molar-refractivity contribution in [1.29, 1.82) is 0 Å². The fourth-order valence-electron chi connectivity index (χ4n) is 2.72. The van der Waals surface area contributed by atoms with Crippen molar-refractivity contribution >= 4 is 5.78 Å². The Morgan fingerprint density at radius 2 is 2.10 bits per heavy atom. The molecule has 1 unspecified atom stereocenters. The van der Waals surface area contributed by atoms with Crippen molar-refractivity contribution < 1.29 is 14.3 Å². The summed E-state index contributed by atoms with van der Waals surface area (Å²) in [5.41, 5.74) is 2.76. The fourth-order valence-corrected chi connectivity index (χ4v) is 2.72. The molecule has 4 nitrogen and oxygen atoms in total. The van der Waals surface area contributed by atoms with E-state index in [2.05, 4.69) is 18.7 Å². The number of rotatable bonds is 4. The Kier molecular flexibility index (Phi) is 5.01. The lowest BCUT2D eigenvalue weighted by atomic mass is 9.98. The van der Waals surface area contributed by atoms with Crippen molar-refractivity contribution in [3.63, 3.8) is 0 Å². The van der Waals surface area contributed by atoms with E-state index in [4.69, 9.17) is 9.47 Å². The van der Waals surface area contributed by atoms with Gasteiger partial charge in [0.15, 0.2) is 5.78 Å². The van der Waals surface area contributed by atoms with Crippen LogP contribution in [0.2, 0.25) is 0 Å². The zero-order chi connectivity index (χ0) is 15.6. The van der Waals surface area contributed by atoms with Gasteiger partial charge in [0, 0.05) is 19.1 Å². The highest BCUT2D eigenvalue weighted by atomic mass is 16.5. The lowest BCUT2D eigenvalue weighted by molar-refractivity contribution is -0.0257. The Bertz CT molecular complexity index is 525. The monoisotopic (exact) mass is 291 g/mol. The Morgan fingerprint density at radius 1 is 1.38 bits per heavy atom. The average molecular weight is 291 g/mol. The number of Topliss-reactive ketones (excluding diaryl/α,β-unsaturated/α-hetero) is 1. The van der Waals surface area contributed by atoms with E-state index >= 15 is 0 Å². The number of carbonyl (C=O) groups excluding carboxylic acids is 1. The Morgan fingerprint density at radius 3 is 2.71 bits per heavy atom. The van der Waals surface area contributed by atoms with Crippen molar-refractivity contribution in [3.05, 3.63) is 28.8 Å². The average Bonchev–Trinajstić information content (AvgIpc) is 2.49. The normalized spacial score (nSPS) is 19.8. The van der Waals surface area contributed by atoms with Gasteiger partial charge >= 0.3 is 0 Å². The number of hydrogen-bond donors (Lipinski definition) is 0. The smallest absolute Gasteiger partial charge is 0.196 e. The number of nitrogens with zero attached hydrogens (tertiary/aromatic N) is 1. The van der Waals surface area contributed by atoms with Crippen LogP contribution in [0.1, 0.15) is 35.3 Å². The van der Waals surface area contributed by atoms with Crippen LogP contribution in [-0.2, 0) is 4.74 Å². The van der Waals surface area contributed by atoms with Crippen LogP contribution in [0, 0.1) is 13.8 Å². The maximum absolute atomic E-state index is 12.8. The number of aryl methyl sites for hydroxylation is 1. The molecule has 1 heterocycles. The van der Waals surface area contributed by atoms with Crippen molar-refractivity contribution in [2.24, 2.45) is 0 Å². The first-order valence-electron chi connectivity index (χ1n) is 7.49. The quantitative estimate of drug-likeness (QED) is 0.799. The number of ether oxygens (including phenoxy) is 2. The summed E-state index contributed by atoms with van der Waals surface area (Å²) >= 11 is 0. The number of hydrogen-bond acceptors (Lipinski definition) is 4. The van der Waals surface area contributed by atoms with Crippen LogP contribution in [0.25, 0.3) is 0 Å². The predicted molar refractivity (Wildman–Crippen MR) is 83.2 cm³/mol. The van der Waals surface area contributed by atoms with E-state index in [9.17, 15) is 4.79 Å².